The molecule has 88 valence electrons. The second-order valence-electron chi connectivity index (χ2n) is 4.63. The maximum atomic E-state index is 11.7. The zero-order valence-electron chi connectivity index (χ0n) is 9.66. The Kier molecular flexibility index (Phi) is 5.47. The normalized spacial score (nSPS) is 20.3. The van der Waals surface area contributed by atoms with Crippen LogP contribution in [0.3, 0.4) is 0 Å². The Hall–Kier alpha value is -0.220. The second-order valence-corrected chi connectivity index (χ2v) is 5.86. The number of nitrogens with two attached hydrogens (primary N) is 1. The van der Waals surface area contributed by atoms with E-state index in [9.17, 15) is 4.79 Å². The Balaban J connectivity index is 2.27. The van der Waals surface area contributed by atoms with Gasteiger partial charge in [-0.25, -0.2) is 0 Å². The Morgan fingerprint density at radius 3 is 2.60 bits per heavy atom. The van der Waals surface area contributed by atoms with Crippen LogP contribution in [0.2, 0.25) is 0 Å². The van der Waals surface area contributed by atoms with Crippen molar-refractivity contribution in [2.75, 3.05) is 11.5 Å². The molecule has 0 radical (unpaired) electrons. The van der Waals surface area contributed by atoms with Crippen LogP contribution in [-0.4, -0.2) is 29.5 Å². The summed E-state index contributed by atoms with van der Waals surface area (Å²) in [6.45, 7) is 4.18. The molecular weight excluding hydrogens is 208 g/mol. The molecule has 0 aromatic heterocycles. The second kappa shape index (κ2) is 6.38. The first-order valence-corrected chi connectivity index (χ1v) is 6.88. The topological polar surface area (TPSA) is 55.1 Å². The van der Waals surface area contributed by atoms with Gasteiger partial charge < -0.3 is 11.1 Å². The van der Waals surface area contributed by atoms with Crippen LogP contribution >= 0.6 is 11.8 Å². The van der Waals surface area contributed by atoms with Gasteiger partial charge in [-0.1, -0.05) is 13.8 Å². The summed E-state index contributed by atoms with van der Waals surface area (Å²) < 4.78 is 0. The number of amides is 1. The van der Waals surface area contributed by atoms with E-state index in [0.29, 0.717) is 12.0 Å². The first-order chi connectivity index (χ1) is 7.09. The van der Waals surface area contributed by atoms with Gasteiger partial charge in [-0.2, -0.15) is 11.8 Å². The van der Waals surface area contributed by atoms with Crippen molar-refractivity contribution in [2.24, 2.45) is 11.7 Å². The average Bonchev–Trinajstić information content (AvgIpc) is 2.18. The predicted molar refractivity (Wildman–Crippen MR) is 65.9 cm³/mol. The van der Waals surface area contributed by atoms with E-state index in [0.717, 1.165) is 30.8 Å². The summed E-state index contributed by atoms with van der Waals surface area (Å²) in [6, 6.07) is 0.0246. The predicted octanol–water partition coefficient (Wildman–Crippen LogP) is 1.37. The lowest BCUT2D eigenvalue weighted by molar-refractivity contribution is -0.123. The van der Waals surface area contributed by atoms with Crippen molar-refractivity contribution < 1.29 is 4.79 Å². The van der Waals surface area contributed by atoms with E-state index in [4.69, 9.17) is 5.73 Å². The number of hydrogen-bond donors (Lipinski definition) is 2. The third-order valence-corrected chi connectivity index (χ3v) is 3.68. The minimum Gasteiger partial charge on any atom is -0.352 e. The van der Waals surface area contributed by atoms with E-state index in [2.05, 4.69) is 19.2 Å². The fourth-order valence-corrected chi connectivity index (χ4v) is 2.87. The first-order valence-electron chi connectivity index (χ1n) is 5.73. The maximum Gasteiger partial charge on any atom is 0.237 e. The zero-order chi connectivity index (χ0) is 11.3. The van der Waals surface area contributed by atoms with Gasteiger partial charge in [0, 0.05) is 6.04 Å². The van der Waals surface area contributed by atoms with Crippen molar-refractivity contribution in [3.63, 3.8) is 0 Å². The molecule has 0 saturated carbocycles. The molecule has 1 heterocycles. The number of carbonyl (C=O) groups excluding carboxylic acids is 1. The number of carbonyl (C=O) groups is 1. The quantitative estimate of drug-likeness (QED) is 0.767. The fourth-order valence-electron chi connectivity index (χ4n) is 1.77. The Morgan fingerprint density at radius 1 is 1.47 bits per heavy atom. The van der Waals surface area contributed by atoms with Crippen LogP contribution < -0.4 is 11.1 Å². The molecule has 1 atom stereocenters. The lowest BCUT2D eigenvalue weighted by Crippen LogP contribution is -2.46. The minimum absolute atomic E-state index is 0.0283. The van der Waals surface area contributed by atoms with Crippen molar-refractivity contribution in [3.8, 4) is 0 Å². The lowest BCUT2D eigenvalue weighted by atomic mass is 10.0. The molecule has 1 rings (SSSR count). The monoisotopic (exact) mass is 230 g/mol. The highest BCUT2D eigenvalue weighted by Crippen LogP contribution is 2.17. The molecule has 0 aliphatic carbocycles. The van der Waals surface area contributed by atoms with Crippen molar-refractivity contribution >= 4 is 17.7 Å². The Morgan fingerprint density at radius 2 is 2.07 bits per heavy atom. The maximum absolute atomic E-state index is 11.7. The third kappa shape index (κ3) is 4.89. The van der Waals surface area contributed by atoms with E-state index in [-0.39, 0.29) is 11.9 Å². The van der Waals surface area contributed by atoms with Crippen LogP contribution in [0.5, 0.6) is 0 Å². The highest BCUT2D eigenvalue weighted by Gasteiger charge is 2.20. The molecule has 4 heteroatoms. The molecule has 3 nitrogen and oxygen atoms in total. The summed E-state index contributed by atoms with van der Waals surface area (Å²) in [4.78, 5) is 11.7. The summed E-state index contributed by atoms with van der Waals surface area (Å²) in [5.74, 6) is 2.82. The fraction of sp³-hybridized carbons (Fsp3) is 0.909. The Labute approximate surface area is 96.6 Å². The zero-order valence-corrected chi connectivity index (χ0v) is 10.5. The summed E-state index contributed by atoms with van der Waals surface area (Å²) >= 11 is 1.96. The third-order valence-electron chi connectivity index (χ3n) is 2.63. The first kappa shape index (κ1) is 12.8. The smallest absolute Gasteiger partial charge is 0.237 e. The van der Waals surface area contributed by atoms with Crippen molar-refractivity contribution in [2.45, 2.75) is 45.2 Å². The molecule has 0 aromatic carbocycles. The number of rotatable bonds is 4. The molecule has 1 aliphatic rings. The molecule has 1 amide bonds. The van der Waals surface area contributed by atoms with Crippen LogP contribution in [0.4, 0.5) is 0 Å². The van der Waals surface area contributed by atoms with Gasteiger partial charge in [0.2, 0.25) is 5.91 Å². The van der Waals surface area contributed by atoms with Crippen molar-refractivity contribution in [1.82, 2.24) is 5.32 Å². The SMILES string of the molecule is CC(C)C[C@H](N)C(=O)NC1CCSCC1. The lowest BCUT2D eigenvalue weighted by Gasteiger charge is -2.24. The van der Waals surface area contributed by atoms with Crippen molar-refractivity contribution in [1.29, 1.82) is 0 Å². The van der Waals surface area contributed by atoms with E-state index >= 15 is 0 Å². The van der Waals surface area contributed by atoms with Gasteiger partial charge >= 0.3 is 0 Å². The van der Waals surface area contributed by atoms with Crippen molar-refractivity contribution in [3.05, 3.63) is 0 Å². The van der Waals surface area contributed by atoms with Gasteiger partial charge in [0.05, 0.1) is 6.04 Å². The molecular formula is C11H22N2OS. The van der Waals surface area contributed by atoms with E-state index in [1.165, 1.54) is 0 Å². The molecule has 1 fully saturated rings. The summed E-state index contributed by atoms with van der Waals surface area (Å²) in [7, 11) is 0. The van der Waals surface area contributed by atoms with Crippen LogP contribution in [0.25, 0.3) is 0 Å². The molecule has 15 heavy (non-hydrogen) atoms. The van der Waals surface area contributed by atoms with Crippen LogP contribution in [0, 0.1) is 5.92 Å². The molecule has 0 unspecified atom stereocenters. The van der Waals surface area contributed by atoms with Crippen LogP contribution in [0.1, 0.15) is 33.1 Å². The summed E-state index contributed by atoms with van der Waals surface area (Å²) in [5.41, 5.74) is 5.82. The summed E-state index contributed by atoms with van der Waals surface area (Å²) in [6.07, 6.45) is 2.95. The largest absolute Gasteiger partial charge is 0.352 e. The van der Waals surface area contributed by atoms with Gasteiger partial charge in [-0.3, -0.25) is 4.79 Å². The standard InChI is InChI=1S/C11H22N2OS/c1-8(2)7-10(12)11(14)13-9-3-5-15-6-4-9/h8-10H,3-7,12H2,1-2H3,(H,13,14)/t10-/m0/s1. The molecule has 1 saturated heterocycles. The number of nitrogens with one attached hydrogen (secondary N) is 1. The van der Waals surface area contributed by atoms with Gasteiger partial charge in [-0.15, -0.1) is 0 Å². The molecule has 1 aliphatic heterocycles. The van der Waals surface area contributed by atoms with Gasteiger partial charge in [0.1, 0.15) is 0 Å². The van der Waals surface area contributed by atoms with Gasteiger partial charge in [-0.05, 0) is 36.7 Å². The number of hydrogen-bond acceptors (Lipinski definition) is 3. The van der Waals surface area contributed by atoms with E-state index in [1.807, 2.05) is 11.8 Å². The van der Waals surface area contributed by atoms with Gasteiger partial charge in [0.25, 0.3) is 0 Å². The highest BCUT2D eigenvalue weighted by atomic mass is 32.2. The highest BCUT2D eigenvalue weighted by molar-refractivity contribution is 7.99. The van der Waals surface area contributed by atoms with Crippen LogP contribution in [0.15, 0.2) is 0 Å². The summed E-state index contributed by atoms with van der Waals surface area (Å²) in [5, 5.41) is 3.05. The molecule has 3 N–H and O–H groups in total. The Bertz CT molecular complexity index is 203. The molecule has 0 bridgehead atoms. The average molecular weight is 230 g/mol. The molecule has 0 aromatic rings. The molecule has 0 spiro atoms. The van der Waals surface area contributed by atoms with Gasteiger partial charge in [0.15, 0.2) is 0 Å². The number of thioether (sulfide) groups is 1. The van der Waals surface area contributed by atoms with E-state index in [1.54, 1.807) is 0 Å². The van der Waals surface area contributed by atoms with E-state index < -0.39 is 0 Å². The minimum atomic E-state index is -0.334. The van der Waals surface area contributed by atoms with Crippen LogP contribution in [-0.2, 0) is 4.79 Å².